The van der Waals surface area contributed by atoms with Crippen molar-refractivity contribution in [3.8, 4) is 0 Å². The molecule has 2 heterocycles. The zero-order valence-electron chi connectivity index (χ0n) is 14.1. The number of hydrogen-bond acceptors (Lipinski definition) is 4. The van der Waals surface area contributed by atoms with Gasteiger partial charge < -0.3 is 20.0 Å². The van der Waals surface area contributed by atoms with Crippen LogP contribution in [0.1, 0.15) is 0 Å². The Kier molecular flexibility index (Phi) is 6.31. The second kappa shape index (κ2) is 8.67. The lowest BCUT2D eigenvalue weighted by atomic mass is 10.2. The zero-order chi connectivity index (χ0) is 17.6. The topological polar surface area (TPSA) is 55.9 Å². The maximum absolute atomic E-state index is 12.3. The van der Waals surface area contributed by atoms with Gasteiger partial charge in [0.2, 0.25) is 5.91 Å². The highest BCUT2D eigenvalue weighted by atomic mass is 35.5. The van der Waals surface area contributed by atoms with Gasteiger partial charge in [0.15, 0.2) is 0 Å². The highest BCUT2D eigenvalue weighted by molar-refractivity contribution is 7.99. The maximum atomic E-state index is 12.3. The second-order valence-corrected chi connectivity index (χ2v) is 7.76. The summed E-state index contributed by atoms with van der Waals surface area (Å²) >= 11 is 7.78. The molecule has 0 aliphatic carbocycles. The van der Waals surface area contributed by atoms with Crippen molar-refractivity contribution in [2.75, 3.05) is 62.2 Å². The fraction of sp³-hybridized carbons (Fsp3) is 0.529. The van der Waals surface area contributed by atoms with Gasteiger partial charge in [-0.25, -0.2) is 4.79 Å². The van der Waals surface area contributed by atoms with Crippen LogP contribution in [-0.4, -0.2) is 79.1 Å². The Hall–Kier alpha value is -1.60. The summed E-state index contributed by atoms with van der Waals surface area (Å²) in [5.41, 5.74) is 1.11. The molecule has 2 aliphatic heterocycles. The molecule has 0 aromatic heterocycles. The third-order valence-electron chi connectivity index (χ3n) is 4.51. The molecule has 1 aromatic carbocycles. The van der Waals surface area contributed by atoms with E-state index >= 15 is 0 Å². The van der Waals surface area contributed by atoms with Crippen LogP contribution in [0.2, 0.25) is 5.02 Å². The van der Waals surface area contributed by atoms with Gasteiger partial charge in [0.1, 0.15) is 0 Å². The number of carbonyl (C=O) groups excluding carboxylic acids is 2. The van der Waals surface area contributed by atoms with Crippen LogP contribution in [0.25, 0.3) is 0 Å². The van der Waals surface area contributed by atoms with Crippen LogP contribution in [-0.2, 0) is 4.79 Å². The van der Waals surface area contributed by atoms with Crippen LogP contribution in [0, 0.1) is 0 Å². The van der Waals surface area contributed by atoms with Crippen LogP contribution < -0.4 is 10.2 Å². The van der Waals surface area contributed by atoms with Gasteiger partial charge in [-0.2, -0.15) is 11.8 Å². The van der Waals surface area contributed by atoms with E-state index in [2.05, 4.69) is 10.2 Å². The van der Waals surface area contributed by atoms with Crippen LogP contribution in [0.15, 0.2) is 24.3 Å². The number of piperazine rings is 1. The average molecular weight is 383 g/mol. The van der Waals surface area contributed by atoms with E-state index in [9.17, 15) is 9.59 Å². The van der Waals surface area contributed by atoms with Crippen molar-refractivity contribution in [1.29, 1.82) is 0 Å². The van der Waals surface area contributed by atoms with E-state index in [-0.39, 0.29) is 18.5 Å². The average Bonchev–Trinajstić information content (AvgIpc) is 2.67. The summed E-state index contributed by atoms with van der Waals surface area (Å²) < 4.78 is 0. The Bertz CT molecular complexity index is 599. The lowest BCUT2D eigenvalue weighted by molar-refractivity contribution is -0.129. The number of benzene rings is 1. The molecule has 2 aliphatic rings. The molecule has 3 rings (SSSR count). The van der Waals surface area contributed by atoms with Gasteiger partial charge in [-0.1, -0.05) is 11.6 Å². The molecule has 0 radical (unpaired) electrons. The van der Waals surface area contributed by atoms with Gasteiger partial charge in [0.05, 0.1) is 6.54 Å². The molecular formula is C17H23ClN4O2S. The van der Waals surface area contributed by atoms with Crippen LogP contribution in [0.3, 0.4) is 0 Å². The van der Waals surface area contributed by atoms with Gasteiger partial charge in [0.25, 0.3) is 0 Å². The number of rotatable bonds is 3. The van der Waals surface area contributed by atoms with Crippen molar-refractivity contribution >= 4 is 41.0 Å². The summed E-state index contributed by atoms with van der Waals surface area (Å²) in [6.07, 6.45) is 0. The second-order valence-electron chi connectivity index (χ2n) is 6.10. The first-order valence-corrected chi connectivity index (χ1v) is 10.1. The smallest absolute Gasteiger partial charge is 0.317 e. The molecule has 1 N–H and O–H groups in total. The normalized spacial score (nSPS) is 18.2. The molecule has 0 atom stereocenters. The van der Waals surface area contributed by atoms with Gasteiger partial charge in [-0.3, -0.25) is 4.79 Å². The molecule has 136 valence electrons. The standard InChI is InChI=1S/C17H23ClN4O2S/c18-14-1-3-15(4-2-14)20-5-7-22(8-6-20)17(24)19-13-16(23)21-9-11-25-12-10-21/h1-4H,5-13H2,(H,19,24). The van der Waals surface area contributed by atoms with E-state index in [0.29, 0.717) is 13.1 Å². The van der Waals surface area contributed by atoms with E-state index in [4.69, 9.17) is 11.6 Å². The number of urea groups is 1. The summed E-state index contributed by atoms with van der Waals surface area (Å²) in [4.78, 5) is 30.2. The Morgan fingerprint density at radius 1 is 0.960 bits per heavy atom. The van der Waals surface area contributed by atoms with Gasteiger partial charge >= 0.3 is 6.03 Å². The number of halogens is 1. The summed E-state index contributed by atoms with van der Waals surface area (Å²) in [7, 11) is 0. The van der Waals surface area contributed by atoms with Gasteiger partial charge in [0, 0.05) is 61.5 Å². The summed E-state index contributed by atoms with van der Waals surface area (Å²) in [6, 6.07) is 7.58. The maximum Gasteiger partial charge on any atom is 0.317 e. The Labute approximate surface area is 157 Å². The third kappa shape index (κ3) is 4.95. The van der Waals surface area contributed by atoms with Crippen molar-refractivity contribution < 1.29 is 9.59 Å². The van der Waals surface area contributed by atoms with Crippen LogP contribution in [0.4, 0.5) is 10.5 Å². The monoisotopic (exact) mass is 382 g/mol. The first kappa shape index (κ1) is 18.2. The van der Waals surface area contributed by atoms with E-state index in [0.717, 1.165) is 48.4 Å². The fourth-order valence-electron chi connectivity index (χ4n) is 3.01. The molecule has 0 unspecified atom stereocenters. The zero-order valence-corrected chi connectivity index (χ0v) is 15.7. The van der Waals surface area contributed by atoms with E-state index in [1.165, 1.54) is 0 Å². The first-order valence-electron chi connectivity index (χ1n) is 8.52. The van der Waals surface area contributed by atoms with Crippen LogP contribution >= 0.6 is 23.4 Å². The number of amides is 3. The Balaban J connectivity index is 1.42. The summed E-state index contributed by atoms with van der Waals surface area (Å²) in [5.74, 6) is 1.96. The summed E-state index contributed by atoms with van der Waals surface area (Å²) in [6.45, 7) is 4.46. The fourth-order valence-corrected chi connectivity index (χ4v) is 4.04. The molecule has 6 nitrogen and oxygen atoms in total. The molecule has 3 amide bonds. The highest BCUT2D eigenvalue weighted by Gasteiger charge is 2.23. The van der Waals surface area contributed by atoms with Gasteiger partial charge in [-0.05, 0) is 24.3 Å². The minimum atomic E-state index is -0.157. The largest absolute Gasteiger partial charge is 0.368 e. The molecule has 25 heavy (non-hydrogen) atoms. The molecule has 0 saturated carbocycles. The van der Waals surface area contributed by atoms with Crippen molar-refractivity contribution in [2.24, 2.45) is 0 Å². The molecular weight excluding hydrogens is 360 g/mol. The molecule has 0 spiro atoms. The van der Waals surface area contributed by atoms with Crippen LogP contribution in [0.5, 0.6) is 0 Å². The van der Waals surface area contributed by atoms with Crippen molar-refractivity contribution in [1.82, 2.24) is 15.1 Å². The van der Waals surface area contributed by atoms with Crippen molar-refractivity contribution in [3.63, 3.8) is 0 Å². The third-order valence-corrected chi connectivity index (χ3v) is 5.71. The van der Waals surface area contributed by atoms with Crippen molar-refractivity contribution in [2.45, 2.75) is 0 Å². The lowest BCUT2D eigenvalue weighted by Gasteiger charge is -2.36. The highest BCUT2D eigenvalue weighted by Crippen LogP contribution is 2.19. The van der Waals surface area contributed by atoms with E-state index in [1.807, 2.05) is 40.9 Å². The Morgan fingerprint density at radius 3 is 2.24 bits per heavy atom. The predicted molar refractivity (Wildman–Crippen MR) is 103 cm³/mol. The number of anilines is 1. The lowest BCUT2D eigenvalue weighted by Crippen LogP contribution is -2.53. The minimum absolute atomic E-state index is 0.00782. The van der Waals surface area contributed by atoms with Crippen molar-refractivity contribution in [3.05, 3.63) is 29.3 Å². The molecule has 0 bridgehead atoms. The van der Waals surface area contributed by atoms with E-state index in [1.54, 1.807) is 4.90 Å². The Morgan fingerprint density at radius 2 is 1.60 bits per heavy atom. The number of thioether (sulfide) groups is 1. The molecule has 1 aromatic rings. The molecule has 2 saturated heterocycles. The summed E-state index contributed by atoms with van der Waals surface area (Å²) in [5, 5.41) is 3.49. The quantitative estimate of drug-likeness (QED) is 0.865. The molecule has 2 fully saturated rings. The first-order chi connectivity index (χ1) is 12.1. The SMILES string of the molecule is O=C(CNC(=O)N1CCN(c2ccc(Cl)cc2)CC1)N1CCSCC1. The predicted octanol–water partition coefficient (Wildman–Crippen LogP) is 1.75. The van der Waals surface area contributed by atoms with Gasteiger partial charge in [-0.15, -0.1) is 0 Å². The number of carbonyl (C=O) groups is 2. The van der Waals surface area contributed by atoms with E-state index < -0.39 is 0 Å². The number of nitrogens with one attached hydrogen (secondary N) is 1. The number of nitrogens with zero attached hydrogens (tertiary/aromatic N) is 3. The number of hydrogen-bond donors (Lipinski definition) is 1. The minimum Gasteiger partial charge on any atom is -0.368 e. The molecule has 8 heteroatoms.